The minimum atomic E-state index is -0.488. The van der Waals surface area contributed by atoms with Crippen LogP contribution in [0.3, 0.4) is 0 Å². The van der Waals surface area contributed by atoms with Gasteiger partial charge in [-0.05, 0) is 23.1 Å². The molecule has 0 aliphatic heterocycles. The molecule has 0 aliphatic carbocycles. The summed E-state index contributed by atoms with van der Waals surface area (Å²) in [5, 5.41) is 13.1. The number of benzene rings is 2. The van der Waals surface area contributed by atoms with E-state index in [1.165, 1.54) is 0 Å². The molecule has 5 nitrogen and oxygen atoms in total. The number of carbonyl (C=O) groups is 1. The number of hydrogen-bond acceptors (Lipinski definition) is 3. The minimum Gasteiger partial charge on any atom is -0.394 e. The number of para-hydroxylation sites is 1. The van der Waals surface area contributed by atoms with Gasteiger partial charge in [0.05, 0.1) is 19.1 Å². The van der Waals surface area contributed by atoms with Crippen LogP contribution in [0.1, 0.15) is 17.2 Å². The largest absolute Gasteiger partial charge is 0.394 e. The van der Waals surface area contributed by atoms with Gasteiger partial charge in [-0.2, -0.15) is 0 Å². The van der Waals surface area contributed by atoms with Crippen LogP contribution >= 0.6 is 0 Å². The summed E-state index contributed by atoms with van der Waals surface area (Å²) in [5.41, 5.74) is 1.69. The van der Waals surface area contributed by atoms with E-state index in [9.17, 15) is 14.7 Å². The second kappa shape index (κ2) is 7.10. The highest BCUT2D eigenvalue weighted by Gasteiger charge is 2.15. The fourth-order valence-corrected chi connectivity index (χ4v) is 2.66. The van der Waals surface area contributed by atoms with Crippen molar-refractivity contribution in [3.05, 3.63) is 82.1 Å². The molecular weight excluding hydrogens is 304 g/mol. The molecule has 24 heavy (non-hydrogen) atoms. The zero-order chi connectivity index (χ0) is 16.9. The minimum absolute atomic E-state index is 0.0382. The maximum absolute atomic E-state index is 12.3. The van der Waals surface area contributed by atoms with Crippen LogP contribution in [-0.4, -0.2) is 22.6 Å². The van der Waals surface area contributed by atoms with Gasteiger partial charge < -0.3 is 15.4 Å². The predicted molar refractivity (Wildman–Crippen MR) is 92.7 cm³/mol. The first kappa shape index (κ1) is 16.0. The number of rotatable bonds is 5. The molecule has 122 valence electrons. The molecule has 1 aromatic heterocycles. The van der Waals surface area contributed by atoms with E-state index in [1.807, 2.05) is 54.6 Å². The average molecular weight is 322 g/mol. The predicted octanol–water partition coefficient (Wildman–Crippen LogP) is 1.92. The lowest BCUT2D eigenvalue weighted by Crippen LogP contribution is -2.33. The van der Waals surface area contributed by atoms with E-state index in [0.717, 1.165) is 16.5 Å². The SMILES string of the molecule is O=C(Cc1cc2ccccc2[nH]c1=O)NC(CO)c1ccccc1. The summed E-state index contributed by atoms with van der Waals surface area (Å²) < 4.78 is 0. The summed E-state index contributed by atoms with van der Waals surface area (Å²) in [4.78, 5) is 27.2. The third-order valence-corrected chi connectivity index (χ3v) is 3.90. The molecule has 1 amide bonds. The Bertz CT molecular complexity index is 903. The van der Waals surface area contributed by atoms with Crippen molar-refractivity contribution in [3.63, 3.8) is 0 Å². The molecule has 0 spiro atoms. The van der Waals surface area contributed by atoms with E-state index >= 15 is 0 Å². The lowest BCUT2D eigenvalue weighted by atomic mass is 10.1. The molecule has 3 N–H and O–H groups in total. The number of pyridine rings is 1. The van der Waals surface area contributed by atoms with E-state index < -0.39 is 6.04 Å². The van der Waals surface area contributed by atoms with E-state index in [4.69, 9.17) is 0 Å². The summed E-state index contributed by atoms with van der Waals surface area (Å²) in [7, 11) is 0. The van der Waals surface area contributed by atoms with Crippen LogP contribution in [0.15, 0.2) is 65.5 Å². The highest BCUT2D eigenvalue weighted by atomic mass is 16.3. The van der Waals surface area contributed by atoms with Crippen molar-refractivity contribution < 1.29 is 9.90 Å². The molecule has 2 aromatic carbocycles. The maximum atomic E-state index is 12.3. The third-order valence-electron chi connectivity index (χ3n) is 3.90. The lowest BCUT2D eigenvalue weighted by Gasteiger charge is -2.16. The first-order valence-electron chi connectivity index (χ1n) is 7.73. The molecule has 0 radical (unpaired) electrons. The van der Waals surface area contributed by atoms with Crippen molar-refractivity contribution in [1.29, 1.82) is 0 Å². The summed E-state index contributed by atoms with van der Waals surface area (Å²) in [5.74, 6) is -0.307. The number of aliphatic hydroxyl groups is 1. The fourth-order valence-electron chi connectivity index (χ4n) is 2.66. The second-order valence-corrected chi connectivity index (χ2v) is 5.60. The molecule has 0 fully saturated rings. The van der Waals surface area contributed by atoms with Crippen molar-refractivity contribution in [1.82, 2.24) is 10.3 Å². The van der Waals surface area contributed by atoms with Gasteiger partial charge in [-0.3, -0.25) is 9.59 Å². The Hall–Kier alpha value is -2.92. The van der Waals surface area contributed by atoms with Gasteiger partial charge in [0.1, 0.15) is 0 Å². The van der Waals surface area contributed by atoms with Gasteiger partial charge in [-0.1, -0.05) is 48.5 Å². The molecule has 0 aliphatic rings. The van der Waals surface area contributed by atoms with E-state index in [1.54, 1.807) is 6.07 Å². The number of aliphatic hydroxyl groups excluding tert-OH is 1. The number of carbonyl (C=O) groups excluding carboxylic acids is 1. The van der Waals surface area contributed by atoms with Gasteiger partial charge in [-0.25, -0.2) is 0 Å². The number of amides is 1. The highest BCUT2D eigenvalue weighted by molar-refractivity contribution is 5.82. The quantitative estimate of drug-likeness (QED) is 0.671. The molecule has 0 saturated heterocycles. The molecule has 3 aromatic rings. The summed E-state index contributed by atoms with van der Waals surface area (Å²) >= 11 is 0. The molecule has 5 heteroatoms. The number of aromatic amines is 1. The van der Waals surface area contributed by atoms with Crippen molar-refractivity contribution in [2.75, 3.05) is 6.61 Å². The third kappa shape index (κ3) is 3.52. The van der Waals surface area contributed by atoms with E-state index in [2.05, 4.69) is 10.3 Å². The molecule has 1 heterocycles. The number of hydrogen-bond donors (Lipinski definition) is 3. The van der Waals surface area contributed by atoms with Crippen molar-refractivity contribution >= 4 is 16.8 Å². The first-order chi connectivity index (χ1) is 11.7. The second-order valence-electron chi connectivity index (χ2n) is 5.60. The van der Waals surface area contributed by atoms with Crippen molar-refractivity contribution in [2.45, 2.75) is 12.5 Å². The van der Waals surface area contributed by atoms with Crippen LogP contribution in [0.2, 0.25) is 0 Å². The number of fused-ring (bicyclic) bond motifs is 1. The fraction of sp³-hybridized carbons (Fsp3) is 0.158. The molecule has 0 saturated carbocycles. The van der Waals surface area contributed by atoms with Gasteiger partial charge in [0.25, 0.3) is 5.56 Å². The monoisotopic (exact) mass is 322 g/mol. The Kier molecular flexibility index (Phi) is 4.72. The van der Waals surface area contributed by atoms with Gasteiger partial charge >= 0.3 is 0 Å². The van der Waals surface area contributed by atoms with Crippen molar-refractivity contribution in [3.8, 4) is 0 Å². The number of aromatic nitrogens is 1. The van der Waals surface area contributed by atoms with Crippen LogP contribution in [0.25, 0.3) is 10.9 Å². The maximum Gasteiger partial charge on any atom is 0.252 e. The van der Waals surface area contributed by atoms with Gasteiger partial charge in [-0.15, -0.1) is 0 Å². The smallest absolute Gasteiger partial charge is 0.252 e. The van der Waals surface area contributed by atoms with Gasteiger partial charge in [0, 0.05) is 11.1 Å². The Morgan fingerprint density at radius 1 is 1.08 bits per heavy atom. The molecule has 1 unspecified atom stereocenters. The van der Waals surface area contributed by atoms with Crippen molar-refractivity contribution in [2.24, 2.45) is 0 Å². The summed E-state index contributed by atoms with van der Waals surface area (Å²) in [6.45, 7) is -0.205. The Balaban J connectivity index is 1.77. The number of H-pyrrole nitrogens is 1. The first-order valence-corrected chi connectivity index (χ1v) is 7.73. The normalized spacial score (nSPS) is 12.0. The molecule has 3 rings (SSSR count). The molecule has 0 bridgehead atoms. The average Bonchev–Trinajstić information content (AvgIpc) is 2.61. The van der Waals surface area contributed by atoms with Crippen LogP contribution < -0.4 is 10.9 Å². The van der Waals surface area contributed by atoms with E-state index in [-0.39, 0.29) is 24.5 Å². The van der Waals surface area contributed by atoms with E-state index in [0.29, 0.717) is 5.56 Å². The van der Waals surface area contributed by atoms with Gasteiger partial charge in [0.15, 0.2) is 0 Å². The number of nitrogens with one attached hydrogen (secondary N) is 2. The molecule has 1 atom stereocenters. The lowest BCUT2D eigenvalue weighted by molar-refractivity contribution is -0.121. The van der Waals surface area contributed by atoms with Gasteiger partial charge in [0.2, 0.25) is 5.91 Å². The molecular formula is C19H18N2O3. The standard InChI is InChI=1S/C19H18N2O3/c22-12-17(13-6-2-1-3-7-13)20-18(23)11-15-10-14-8-4-5-9-16(14)21-19(15)24/h1-10,17,22H,11-12H2,(H,20,23)(H,21,24). The van der Waals surface area contributed by atoms with Crippen LogP contribution in [0.4, 0.5) is 0 Å². The topological polar surface area (TPSA) is 82.2 Å². The van der Waals surface area contributed by atoms with Crippen LogP contribution in [0, 0.1) is 0 Å². The summed E-state index contributed by atoms with van der Waals surface area (Å²) in [6, 6.07) is 17.9. The Labute approximate surface area is 139 Å². The van der Waals surface area contributed by atoms with Crippen LogP contribution in [-0.2, 0) is 11.2 Å². The zero-order valence-electron chi connectivity index (χ0n) is 13.0. The summed E-state index contributed by atoms with van der Waals surface area (Å²) in [6.07, 6.45) is -0.0382. The Morgan fingerprint density at radius 3 is 2.54 bits per heavy atom. The van der Waals surface area contributed by atoms with Crippen LogP contribution in [0.5, 0.6) is 0 Å². The Morgan fingerprint density at radius 2 is 1.79 bits per heavy atom. The highest BCUT2D eigenvalue weighted by Crippen LogP contribution is 2.13. The zero-order valence-corrected chi connectivity index (χ0v) is 13.0.